The maximum atomic E-state index is 5.82. The molecule has 26 heavy (non-hydrogen) atoms. The van der Waals surface area contributed by atoms with E-state index in [0.29, 0.717) is 0 Å². The van der Waals surface area contributed by atoms with E-state index in [1.54, 1.807) is 6.20 Å². The molecular weight excluding hydrogens is 322 g/mol. The number of anilines is 1. The minimum absolute atomic E-state index is 0.735. The van der Waals surface area contributed by atoms with E-state index in [1.807, 2.05) is 48.8 Å². The Labute approximate surface area is 149 Å². The average molecular weight is 337 g/mol. The Hall–Kier alpha value is -3.73. The molecule has 5 rings (SSSR count). The maximum Gasteiger partial charge on any atom is 0.101 e. The van der Waals surface area contributed by atoms with Gasteiger partial charge < -0.3 is 5.73 Å². The first kappa shape index (κ1) is 14.6. The summed E-state index contributed by atoms with van der Waals surface area (Å²) in [5, 5.41) is 9.75. The van der Waals surface area contributed by atoms with Crippen LogP contribution in [0.5, 0.6) is 0 Å². The van der Waals surface area contributed by atoms with Gasteiger partial charge in [-0.2, -0.15) is 5.10 Å². The number of benzene rings is 2. The zero-order valence-corrected chi connectivity index (χ0v) is 13.8. The van der Waals surface area contributed by atoms with Crippen molar-refractivity contribution in [1.29, 1.82) is 0 Å². The fourth-order valence-corrected chi connectivity index (χ4v) is 3.27. The predicted octanol–water partition coefficient (Wildman–Crippen LogP) is 4.42. The Morgan fingerprint density at radius 2 is 1.69 bits per heavy atom. The molecule has 0 aliphatic rings. The first-order valence-corrected chi connectivity index (χ1v) is 8.33. The van der Waals surface area contributed by atoms with Crippen LogP contribution in [0.3, 0.4) is 0 Å². The third-order valence-corrected chi connectivity index (χ3v) is 4.57. The van der Waals surface area contributed by atoms with E-state index in [4.69, 9.17) is 5.73 Å². The van der Waals surface area contributed by atoms with Gasteiger partial charge in [0.2, 0.25) is 0 Å². The van der Waals surface area contributed by atoms with Crippen molar-refractivity contribution in [2.24, 2.45) is 0 Å². The van der Waals surface area contributed by atoms with Crippen LogP contribution in [0.4, 0.5) is 5.69 Å². The SMILES string of the molecule is Nc1ccc(-c2n[nH]c3cnc4ccc(-c5cccnc5)cc4c23)cc1. The zero-order valence-electron chi connectivity index (χ0n) is 13.8. The van der Waals surface area contributed by atoms with Crippen molar-refractivity contribution in [2.45, 2.75) is 0 Å². The number of aromatic nitrogens is 4. The van der Waals surface area contributed by atoms with Gasteiger partial charge in [-0.1, -0.05) is 24.3 Å². The molecule has 0 aliphatic heterocycles. The minimum atomic E-state index is 0.735. The Morgan fingerprint density at radius 3 is 2.50 bits per heavy atom. The number of aromatic amines is 1. The van der Waals surface area contributed by atoms with Gasteiger partial charge in [0.25, 0.3) is 0 Å². The number of fused-ring (bicyclic) bond motifs is 3. The second-order valence-corrected chi connectivity index (χ2v) is 6.21. The number of hydrogen-bond acceptors (Lipinski definition) is 4. The zero-order chi connectivity index (χ0) is 17.5. The average Bonchev–Trinajstić information content (AvgIpc) is 3.13. The van der Waals surface area contributed by atoms with E-state index < -0.39 is 0 Å². The molecular formula is C21H15N5. The standard InChI is InChI=1S/C21H15N5/c22-16-6-3-13(4-7-16)21-20-17-10-14(15-2-1-9-23-11-15)5-8-18(17)24-12-19(20)25-26-21/h1-12H,22H2,(H,25,26). The third-order valence-electron chi connectivity index (χ3n) is 4.57. The lowest BCUT2D eigenvalue weighted by Gasteiger charge is -2.06. The number of nitrogens with zero attached hydrogens (tertiary/aromatic N) is 3. The molecule has 0 saturated heterocycles. The highest BCUT2D eigenvalue weighted by Crippen LogP contribution is 2.34. The van der Waals surface area contributed by atoms with Crippen molar-refractivity contribution >= 4 is 27.5 Å². The van der Waals surface area contributed by atoms with Gasteiger partial charge in [-0.15, -0.1) is 0 Å². The van der Waals surface area contributed by atoms with Crippen LogP contribution in [-0.4, -0.2) is 20.2 Å². The fourth-order valence-electron chi connectivity index (χ4n) is 3.27. The summed E-state index contributed by atoms with van der Waals surface area (Å²) in [6, 6.07) is 18.0. The molecule has 0 saturated carbocycles. The van der Waals surface area contributed by atoms with Crippen molar-refractivity contribution in [3.05, 3.63) is 73.2 Å². The molecule has 5 heteroatoms. The highest BCUT2D eigenvalue weighted by atomic mass is 15.1. The van der Waals surface area contributed by atoms with E-state index in [-0.39, 0.29) is 0 Å². The second-order valence-electron chi connectivity index (χ2n) is 6.21. The lowest BCUT2D eigenvalue weighted by atomic mass is 10.0. The van der Waals surface area contributed by atoms with Crippen LogP contribution in [0.25, 0.3) is 44.2 Å². The molecule has 0 atom stereocenters. The summed E-state index contributed by atoms with van der Waals surface area (Å²) in [7, 11) is 0. The normalized spacial score (nSPS) is 11.2. The Balaban J connectivity index is 1.80. The fraction of sp³-hybridized carbons (Fsp3) is 0. The predicted molar refractivity (Wildman–Crippen MR) is 104 cm³/mol. The van der Waals surface area contributed by atoms with Crippen LogP contribution in [0, 0.1) is 0 Å². The number of hydrogen-bond donors (Lipinski definition) is 2. The van der Waals surface area contributed by atoms with Crippen molar-refractivity contribution in [3.8, 4) is 22.4 Å². The van der Waals surface area contributed by atoms with Gasteiger partial charge in [-0.05, 0) is 35.9 Å². The number of nitrogen functional groups attached to an aromatic ring is 1. The number of nitrogens with two attached hydrogens (primary N) is 1. The summed E-state index contributed by atoms with van der Waals surface area (Å²) in [6.07, 6.45) is 5.47. The van der Waals surface area contributed by atoms with Crippen LogP contribution in [0.1, 0.15) is 0 Å². The molecule has 0 spiro atoms. The molecule has 3 N–H and O–H groups in total. The van der Waals surface area contributed by atoms with Crippen LogP contribution in [-0.2, 0) is 0 Å². The molecule has 3 aromatic heterocycles. The van der Waals surface area contributed by atoms with Gasteiger partial charge in [0.15, 0.2) is 0 Å². The Morgan fingerprint density at radius 1 is 0.846 bits per heavy atom. The maximum absolute atomic E-state index is 5.82. The lowest BCUT2D eigenvalue weighted by Crippen LogP contribution is -1.86. The minimum Gasteiger partial charge on any atom is -0.399 e. The monoisotopic (exact) mass is 337 g/mol. The van der Waals surface area contributed by atoms with Crippen molar-refractivity contribution in [1.82, 2.24) is 20.2 Å². The van der Waals surface area contributed by atoms with Crippen molar-refractivity contribution in [2.75, 3.05) is 5.73 Å². The third kappa shape index (κ3) is 2.29. The summed E-state index contributed by atoms with van der Waals surface area (Å²) >= 11 is 0. The largest absolute Gasteiger partial charge is 0.399 e. The number of rotatable bonds is 2. The van der Waals surface area contributed by atoms with Gasteiger partial charge in [-0.25, -0.2) is 0 Å². The van der Waals surface area contributed by atoms with E-state index in [1.165, 1.54) is 0 Å². The molecule has 5 aromatic rings. The molecule has 0 fully saturated rings. The van der Waals surface area contributed by atoms with E-state index in [0.717, 1.165) is 49.9 Å². The summed E-state index contributed by atoms with van der Waals surface area (Å²) in [5.41, 5.74) is 12.5. The van der Waals surface area contributed by atoms with E-state index in [9.17, 15) is 0 Å². The van der Waals surface area contributed by atoms with Gasteiger partial charge >= 0.3 is 0 Å². The van der Waals surface area contributed by atoms with Crippen LogP contribution < -0.4 is 5.73 Å². The molecule has 124 valence electrons. The summed E-state index contributed by atoms with van der Waals surface area (Å²) in [4.78, 5) is 8.78. The van der Waals surface area contributed by atoms with Gasteiger partial charge in [0, 0.05) is 40.0 Å². The summed E-state index contributed by atoms with van der Waals surface area (Å²) in [6.45, 7) is 0. The van der Waals surface area contributed by atoms with Crippen LogP contribution in [0.15, 0.2) is 73.2 Å². The van der Waals surface area contributed by atoms with E-state index in [2.05, 4.69) is 38.4 Å². The molecule has 3 heterocycles. The molecule has 0 bridgehead atoms. The molecule has 0 radical (unpaired) electrons. The van der Waals surface area contributed by atoms with Gasteiger partial charge in [0.05, 0.1) is 17.2 Å². The van der Waals surface area contributed by atoms with Crippen molar-refractivity contribution < 1.29 is 0 Å². The second kappa shape index (κ2) is 5.67. The highest BCUT2D eigenvalue weighted by molar-refractivity contribution is 6.11. The number of pyridine rings is 2. The lowest BCUT2D eigenvalue weighted by molar-refractivity contribution is 1.12. The smallest absolute Gasteiger partial charge is 0.101 e. The Kier molecular flexibility index (Phi) is 3.18. The molecule has 0 aliphatic carbocycles. The van der Waals surface area contributed by atoms with Crippen LogP contribution >= 0.6 is 0 Å². The van der Waals surface area contributed by atoms with Gasteiger partial charge in [-0.3, -0.25) is 15.1 Å². The van der Waals surface area contributed by atoms with Crippen molar-refractivity contribution in [3.63, 3.8) is 0 Å². The quantitative estimate of drug-likeness (QED) is 0.467. The molecule has 5 nitrogen and oxygen atoms in total. The highest BCUT2D eigenvalue weighted by Gasteiger charge is 2.13. The summed E-state index contributed by atoms with van der Waals surface area (Å²) in [5.74, 6) is 0. The first-order chi connectivity index (χ1) is 12.8. The molecule has 0 amide bonds. The topological polar surface area (TPSA) is 80.5 Å². The summed E-state index contributed by atoms with van der Waals surface area (Å²) < 4.78 is 0. The molecule has 2 aromatic carbocycles. The molecule has 0 unspecified atom stereocenters. The van der Waals surface area contributed by atoms with Crippen LogP contribution in [0.2, 0.25) is 0 Å². The first-order valence-electron chi connectivity index (χ1n) is 8.33. The van der Waals surface area contributed by atoms with E-state index >= 15 is 0 Å². The Bertz CT molecular complexity index is 1220. The van der Waals surface area contributed by atoms with Gasteiger partial charge in [0.1, 0.15) is 5.69 Å². The number of nitrogens with one attached hydrogen (secondary N) is 1. The number of H-pyrrole nitrogens is 1.